The summed E-state index contributed by atoms with van der Waals surface area (Å²) in [7, 11) is -1.88. The molecule has 2 aromatic rings. The van der Waals surface area contributed by atoms with Crippen LogP contribution < -0.4 is 10.0 Å². The van der Waals surface area contributed by atoms with Crippen LogP contribution in [-0.4, -0.2) is 24.5 Å². The maximum Gasteiger partial charge on any atom is 0.280 e. The summed E-state index contributed by atoms with van der Waals surface area (Å²) in [5, 5.41) is 3.31. The zero-order chi connectivity index (χ0) is 15.0. The molecule has 0 atom stereocenters. The summed E-state index contributed by atoms with van der Waals surface area (Å²) in [5.41, 5.74) is 2.83. The van der Waals surface area contributed by atoms with Gasteiger partial charge >= 0.3 is 0 Å². The number of hydrogen-bond donors (Lipinski definition) is 2. The van der Waals surface area contributed by atoms with Gasteiger partial charge in [-0.3, -0.25) is 4.72 Å². The van der Waals surface area contributed by atoms with E-state index in [9.17, 15) is 8.42 Å². The van der Waals surface area contributed by atoms with E-state index in [0.29, 0.717) is 18.1 Å². The molecule has 2 N–H and O–H groups in total. The van der Waals surface area contributed by atoms with Gasteiger partial charge in [0.2, 0.25) is 0 Å². The first-order chi connectivity index (χ1) is 9.97. The fraction of sp³-hybridized carbons (Fsp3) is 0.357. The Labute approximate surface area is 124 Å². The Balaban J connectivity index is 1.96. The SMILES string of the molecule is Cc1nc(S(=O)(=O)Nc2cccc3c2CNCC3)cn1C. The number of nitrogens with one attached hydrogen (secondary N) is 2. The lowest BCUT2D eigenvalue weighted by Crippen LogP contribution is -2.25. The second kappa shape index (κ2) is 5.16. The molecule has 1 aromatic heterocycles. The van der Waals surface area contributed by atoms with Crippen LogP contribution in [0.2, 0.25) is 0 Å². The molecule has 1 aliphatic heterocycles. The van der Waals surface area contributed by atoms with Gasteiger partial charge in [0.1, 0.15) is 5.82 Å². The van der Waals surface area contributed by atoms with Gasteiger partial charge in [0.15, 0.2) is 5.03 Å². The minimum Gasteiger partial charge on any atom is -0.337 e. The average Bonchev–Trinajstić information content (AvgIpc) is 2.80. The van der Waals surface area contributed by atoms with E-state index in [1.165, 1.54) is 11.8 Å². The van der Waals surface area contributed by atoms with Crippen molar-refractivity contribution in [2.45, 2.75) is 24.9 Å². The highest BCUT2D eigenvalue weighted by atomic mass is 32.2. The molecule has 6 nitrogen and oxygen atoms in total. The van der Waals surface area contributed by atoms with Gasteiger partial charge in [0, 0.05) is 19.8 Å². The second-order valence-corrected chi connectivity index (χ2v) is 6.84. The van der Waals surface area contributed by atoms with Crippen LogP contribution in [0, 0.1) is 6.92 Å². The molecule has 3 rings (SSSR count). The molecule has 0 saturated heterocycles. The minimum absolute atomic E-state index is 0.0453. The largest absolute Gasteiger partial charge is 0.337 e. The number of nitrogens with zero attached hydrogens (tertiary/aromatic N) is 2. The van der Waals surface area contributed by atoms with Crippen LogP contribution >= 0.6 is 0 Å². The Kier molecular flexibility index (Phi) is 3.46. The third kappa shape index (κ3) is 2.66. The van der Waals surface area contributed by atoms with Crippen LogP contribution in [0.15, 0.2) is 29.4 Å². The van der Waals surface area contributed by atoms with Gasteiger partial charge in [-0.15, -0.1) is 0 Å². The summed E-state index contributed by atoms with van der Waals surface area (Å²) >= 11 is 0. The van der Waals surface area contributed by atoms with Crippen LogP contribution in [0.4, 0.5) is 5.69 Å². The Bertz CT molecular complexity index is 761. The van der Waals surface area contributed by atoms with E-state index in [0.717, 1.165) is 18.5 Å². The molecule has 0 unspecified atom stereocenters. The summed E-state index contributed by atoms with van der Waals surface area (Å²) in [6, 6.07) is 5.71. The number of hydrogen-bond acceptors (Lipinski definition) is 4. The van der Waals surface area contributed by atoms with Gasteiger partial charge in [0.05, 0.1) is 5.69 Å². The molecule has 0 spiro atoms. The van der Waals surface area contributed by atoms with Crippen molar-refractivity contribution in [3.63, 3.8) is 0 Å². The molecule has 7 heteroatoms. The fourth-order valence-corrected chi connectivity index (χ4v) is 3.60. The first-order valence-electron chi connectivity index (χ1n) is 6.81. The molecule has 112 valence electrons. The molecular weight excluding hydrogens is 288 g/mol. The summed E-state index contributed by atoms with van der Waals surface area (Å²) < 4.78 is 29.2. The summed E-state index contributed by atoms with van der Waals surface area (Å²) in [4.78, 5) is 4.09. The van der Waals surface area contributed by atoms with Gasteiger partial charge < -0.3 is 9.88 Å². The van der Waals surface area contributed by atoms with Gasteiger partial charge in [-0.05, 0) is 37.1 Å². The molecule has 1 aliphatic rings. The monoisotopic (exact) mass is 306 g/mol. The van der Waals surface area contributed by atoms with Crippen molar-refractivity contribution in [2.24, 2.45) is 7.05 Å². The Morgan fingerprint density at radius 1 is 1.38 bits per heavy atom. The lowest BCUT2D eigenvalue weighted by molar-refractivity contribution is 0.597. The minimum atomic E-state index is -3.66. The normalized spacial score (nSPS) is 14.8. The molecule has 0 aliphatic carbocycles. The highest BCUT2D eigenvalue weighted by molar-refractivity contribution is 7.92. The quantitative estimate of drug-likeness (QED) is 0.892. The van der Waals surface area contributed by atoms with Crippen molar-refractivity contribution in [1.82, 2.24) is 14.9 Å². The van der Waals surface area contributed by atoms with Crippen LogP contribution in [0.5, 0.6) is 0 Å². The Morgan fingerprint density at radius 3 is 2.90 bits per heavy atom. The number of benzene rings is 1. The van der Waals surface area contributed by atoms with Gasteiger partial charge in [-0.1, -0.05) is 12.1 Å². The third-order valence-electron chi connectivity index (χ3n) is 3.75. The zero-order valence-corrected chi connectivity index (χ0v) is 12.9. The predicted molar refractivity (Wildman–Crippen MR) is 80.6 cm³/mol. The number of sulfonamides is 1. The van der Waals surface area contributed by atoms with Gasteiger partial charge in [-0.2, -0.15) is 8.42 Å². The molecule has 1 aromatic carbocycles. The number of aromatic nitrogens is 2. The lowest BCUT2D eigenvalue weighted by atomic mass is 10.00. The van der Waals surface area contributed by atoms with Crippen LogP contribution in [0.1, 0.15) is 17.0 Å². The van der Waals surface area contributed by atoms with Crippen LogP contribution in [0.25, 0.3) is 0 Å². The van der Waals surface area contributed by atoms with Crippen molar-refractivity contribution >= 4 is 15.7 Å². The molecule has 0 fully saturated rings. The fourth-order valence-electron chi connectivity index (χ4n) is 2.46. The molecule has 21 heavy (non-hydrogen) atoms. The molecular formula is C14H18N4O2S. The van der Waals surface area contributed by atoms with Crippen molar-refractivity contribution in [1.29, 1.82) is 0 Å². The van der Waals surface area contributed by atoms with E-state index in [4.69, 9.17) is 0 Å². The number of imidazole rings is 1. The highest BCUT2D eigenvalue weighted by Gasteiger charge is 2.21. The molecule has 0 saturated carbocycles. The molecule has 0 bridgehead atoms. The van der Waals surface area contributed by atoms with E-state index in [1.807, 2.05) is 12.1 Å². The topological polar surface area (TPSA) is 76.0 Å². The summed E-state index contributed by atoms with van der Waals surface area (Å²) in [5.74, 6) is 0.659. The number of rotatable bonds is 3. The maximum atomic E-state index is 12.4. The average molecular weight is 306 g/mol. The molecule has 0 radical (unpaired) electrons. The summed E-state index contributed by atoms with van der Waals surface area (Å²) in [6.07, 6.45) is 2.43. The Hall–Kier alpha value is -1.86. The first kappa shape index (κ1) is 14.1. The van der Waals surface area contributed by atoms with E-state index in [2.05, 4.69) is 15.0 Å². The highest BCUT2D eigenvalue weighted by Crippen LogP contribution is 2.25. The number of aryl methyl sites for hydroxylation is 2. The third-order valence-corrected chi connectivity index (χ3v) is 4.99. The second-order valence-electron chi connectivity index (χ2n) is 5.21. The Morgan fingerprint density at radius 2 is 2.19 bits per heavy atom. The van der Waals surface area contributed by atoms with Crippen molar-refractivity contribution in [3.05, 3.63) is 41.3 Å². The number of fused-ring (bicyclic) bond motifs is 1. The number of anilines is 1. The van der Waals surface area contributed by atoms with Crippen molar-refractivity contribution < 1.29 is 8.42 Å². The maximum absolute atomic E-state index is 12.4. The van der Waals surface area contributed by atoms with Gasteiger partial charge in [-0.25, -0.2) is 4.98 Å². The van der Waals surface area contributed by atoms with Crippen molar-refractivity contribution in [2.75, 3.05) is 11.3 Å². The smallest absolute Gasteiger partial charge is 0.280 e. The van der Waals surface area contributed by atoms with Crippen LogP contribution in [0.3, 0.4) is 0 Å². The molecule has 2 heterocycles. The zero-order valence-electron chi connectivity index (χ0n) is 12.0. The first-order valence-corrected chi connectivity index (χ1v) is 8.30. The van der Waals surface area contributed by atoms with E-state index in [-0.39, 0.29) is 5.03 Å². The van der Waals surface area contributed by atoms with Crippen molar-refractivity contribution in [3.8, 4) is 0 Å². The molecule has 0 amide bonds. The van der Waals surface area contributed by atoms with Crippen LogP contribution in [-0.2, 0) is 30.0 Å². The summed E-state index contributed by atoms with van der Waals surface area (Å²) in [6.45, 7) is 3.37. The van der Waals surface area contributed by atoms with E-state index < -0.39 is 10.0 Å². The predicted octanol–water partition coefficient (Wildman–Crippen LogP) is 1.18. The lowest BCUT2D eigenvalue weighted by Gasteiger charge is -2.20. The van der Waals surface area contributed by atoms with E-state index in [1.54, 1.807) is 24.6 Å². The van der Waals surface area contributed by atoms with Gasteiger partial charge in [0.25, 0.3) is 10.0 Å². The standard InChI is InChI=1S/C14H18N4O2S/c1-10-16-14(9-18(10)2)21(19,20)17-13-5-3-4-11-6-7-15-8-12(11)13/h3-5,9,15,17H,6-8H2,1-2H3. The van der Waals surface area contributed by atoms with E-state index >= 15 is 0 Å².